The highest BCUT2D eigenvalue weighted by Gasteiger charge is 2.26. The van der Waals surface area contributed by atoms with Crippen LogP contribution >= 0.6 is 11.5 Å². The zero-order valence-corrected chi connectivity index (χ0v) is 14.7. The molecule has 9 nitrogen and oxygen atoms in total. The molecule has 0 saturated carbocycles. The minimum atomic E-state index is -0.645. The number of benzene rings is 1. The molecule has 0 fully saturated rings. The molecule has 1 aromatic heterocycles. The van der Waals surface area contributed by atoms with Crippen LogP contribution in [0.4, 0.5) is 10.7 Å². The molecule has 1 aromatic carbocycles. The second kappa shape index (κ2) is 7.91. The van der Waals surface area contributed by atoms with E-state index in [1.54, 1.807) is 25.1 Å². The van der Waals surface area contributed by atoms with E-state index in [0.717, 1.165) is 11.5 Å². The highest BCUT2D eigenvalue weighted by molar-refractivity contribution is 7.10. The Hall–Kier alpha value is -3.01. The lowest BCUT2D eigenvalue weighted by molar-refractivity contribution is -0.121. The molecule has 2 heterocycles. The molecule has 2 amide bonds. The molecule has 10 heteroatoms. The van der Waals surface area contributed by atoms with Crippen LogP contribution in [0.25, 0.3) is 0 Å². The summed E-state index contributed by atoms with van der Waals surface area (Å²) in [7, 11) is 0. The number of nitrogens with one attached hydrogen (secondary N) is 1. The molecule has 136 valence electrons. The van der Waals surface area contributed by atoms with Crippen LogP contribution in [0.3, 0.4) is 0 Å². The normalized spacial score (nSPS) is 13.0. The van der Waals surface area contributed by atoms with Gasteiger partial charge in [-0.25, -0.2) is 4.79 Å². The highest BCUT2D eigenvalue weighted by Crippen LogP contribution is 2.31. The van der Waals surface area contributed by atoms with Gasteiger partial charge in [0, 0.05) is 24.5 Å². The van der Waals surface area contributed by atoms with Crippen LogP contribution in [0.2, 0.25) is 0 Å². The van der Waals surface area contributed by atoms with Gasteiger partial charge in [-0.05, 0) is 19.1 Å². The first-order chi connectivity index (χ1) is 12.6. The van der Waals surface area contributed by atoms with Crippen molar-refractivity contribution in [3.8, 4) is 5.75 Å². The van der Waals surface area contributed by atoms with Crippen LogP contribution in [0.15, 0.2) is 24.3 Å². The van der Waals surface area contributed by atoms with Gasteiger partial charge >= 0.3 is 5.97 Å². The Morgan fingerprint density at radius 1 is 1.38 bits per heavy atom. The molecule has 2 aromatic rings. The van der Waals surface area contributed by atoms with Crippen molar-refractivity contribution in [1.29, 1.82) is 0 Å². The molecule has 0 atom stereocenters. The van der Waals surface area contributed by atoms with Crippen LogP contribution in [-0.2, 0) is 14.3 Å². The van der Waals surface area contributed by atoms with Crippen LogP contribution < -0.4 is 15.0 Å². The molecule has 3 rings (SSSR count). The minimum absolute atomic E-state index is 0.0296. The third-order valence-electron chi connectivity index (χ3n) is 3.58. The number of ether oxygens (including phenoxy) is 2. The van der Waals surface area contributed by atoms with E-state index in [0.29, 0.717) is 11.4 Å². The molecule has 1 aliphatic rings. The van der Waals surface area contributed by atoms with Gasteiger partial charge in [0.25, 0.3) is 5.91 Å². The first-order valence-corrected chi connectivity index (χ1v) is 8.69. The quantitative estimate of drug-likeness (QED) is 0.760. The van der Waals surface area contributed by atoms with Crippen LogP contribution in [0.1, 0.15) is 23.8 Å². The fraction of sp³-hybridized carbons (Fsp3) is 0.312. The van der Waals surface area contributed by atoms with Crippen molar-refractivity contribution >= 4 is 40.0 Å². The van der Waals surface area contributed by atoms with Crippen molar-refractivity contribution in [2.75, 3.05) is 30.0 Å². The van der Waals surface area contributed by atoms with Crippen molar-refractivity contribution in [3.63, 3.8) is 0 Å². The average molecular weight is 376 g/mol. The lowest BCUT2D eigenvalue weighted by atomic mass is 10.2. The third-order valence-corrected chi connectivity index (χ3v) is 4.22. The molecule has 26 heavy (non-hydrogen) atoms. The summed E-state index contributed by atoms with van der Waals surface area (Å²) in [5.41, 5.74) is 0.598. The maximum Gasteiger partial charge on any atom is 0.362 e. The summed E-state index contributed by atoms with van der Waals surface area (Å²) in [6, 6.07) is 7.13. The Morgan fingerprint density at radius 2 is 2.19 bits per heavy atom. The molecule has 0 radical (unpaired) electrons. The monoisotopic (exact) mass is 376 g/mol. The first kappa shape index (κ1) is 17.8. The van der Waals surface area contributed by atoms with Gasteiger partial charge in [0.15, 0.2) is 11.6 Å². The van der Waals surface area contributed by atoms with Crippen molar-refractivity contribution < 1.29 is 23.9 Å². The minimum Gasteiger partial charge on any atom is -0.482 e. The van der Waals surface area contributed by atoms with E-state index >= 15 is 0 Å². The molecule has 0 spiro atoms. The maximum absolute atomic E-state index is 12.2. The van der Waals surface area contributed by atoms with Crippen LogP contribution in [0.5, 0.6) is 5.75 Å². The molecular formula is C16H16N4O5S. The van der Waals surface area contributed by atoms with E-state index in [1.807, 2.05) is 6.07 Å². The number of anilines is 2. The summed E-state index contributed by atoms with van der Waals surface area (Å²) in [4.78, 5) is 37.6. The number of amides is 2. The fourth-order valence-corrected chi connectivity index (χ4v) is 2.98. The number of fused-ring (bicyclic) bond motifs is 1. The van der Waals surface area contributed by atoms with Gasteiger partial charge in [0.1, 0.15) is 5.75 Å². The van der Waals surface area contributed by atoms with Crippen molar-refractivity contribution in [3.05, 3.63) is 30.0 Å². The van der Waals surface area contributed by atoms with Gasteiger partial charge < -0.3 is 19.7 Å². The molecule has 1 N–H and O–H groups in total. The second-order valence-corrected chi connectivity index (χ2v) is 6.03. The summed E-state index contributed by atoms with van der Waals surface area (Å²) >= 11 is 0.888. The smallest absolute Gasteiger partial charge is 0.362 e. The predicted molar refractivity (Wildman–Crippen MR) is 93.4 cm³/mol. The number of carbonyl (C=O) groups excluding carboxylic acids is 3. The van der Waals surface area contributed by atoms with E-state index < -0.39 is 5.97 Å². The number of carbonyl (C=O) groups is 3. The van der Waals surface area contributed by atoms with Crippen molar-refractivity contribution in [2.24, 2.45) is 0 Å². The molecule has 0 aliphatic carbocycles. The lowest BCUT2D eigenvalue weighted by Gasteiger charge is -2.29. The van der Waals surface area contributed by atoms with Crippen LogP contribution in [-0.4, -0.2) is 47.1 Å². The van der Waals surface area contributed by atoms with Gasteiger partial charge in [0.05, 0.1) is 12.3 Å². The van der Waals surface area contributed by atoms with Gasteiger partial charge in [-0.15, -0.1) is 5.10 Å². The topological polar surface area (TPSA) is 111 Å². The van der Waals surface area contributed by atoms with E-state index in [1.165, 1.54) is 4.90 Å². The molecular weight excluding hydrogens is 360 g/mol. The summed E-state index contributed by atoms with van der Waals surface area (Å²) in [5.74, 6) is -0.626. The van der Waals surface area contributed by atoms with E-state index in [2.05, 4.69) is 14.9 Å². The zero-order valence-electron chi connectivity index (χ0n) is 13.9. The summed E-state index contributed by atoms with van der Waals surface area (Å²) in [5, 5.41) is 6.49. The first-order valence-electron chi connectivity index (χ1n) is 7.91. The van der Waals surface area contributed by atoms with Gasteiger partial charge in [-0.2, -0.15) is 0 Å². The number of aromatic nitrogens is 2. The number of nitrogens with zero attached hydrogens (tertiary/aromatic N) is 3. The maximum atomic E-state index is 12.2. The number of rotatable bonds is 6. The SMILES string of the molecule is CCOC(=O)c1nnsc1NC(=O)CCN1C(=O)COc2ccccc21. The molecule has 0 bridgehead atoms. The standard InChI is InChI=1S/C16H16N4O5S/c1-2-24-16(23)14-15(26-19-18-14)17-12(21)7-8-20-10-5-3-4-6-11(10)25-9-13(20)22/h3-6H,2,7-9H2,1H3,(H,17,21). The highest BCUT2D eigenvalue weighted by atomic mass is 32.1. The Balaban J connectivity index is 1.63. The van der Waals surface area contributed by atoms with Crippen LogP contribution in [0, 0.1) is 0 Å². The third kappa shape index (κ3) is 3.80. The molecule has 1 aliphatic heterocycles. The Bertz CT molecular complexity index is 838. The van der Waals surface area contributed by atoms with E-state index in [4.69, 9.17) is 9.47 Å². The second-order valence-electron chi connectivity index (χ2n) is 5.27. The van der Waals surface area contributed by atoms with E-state index in [9.17, 15) is 14.4 Å². The Labute approximate surface area is 153 Å². The number of hydrogen-bond donors (Lipinski definition) is 1. The molecule has 0 unspecified atom stereocenters. The predicted octanol–water partition coefficient (Wildman–Crippen LogP) is 1.47. The van der Waals surface area contributed by atoms with Gasteiger partial charge in [-0.3, -0.25) is 9.59 Å². The number of esters is 1. The molecule has 0 saturated heterocycles. The van der Waals surface area contributed by atoms with Crippen molar-refractivity contribution in [2.45, 2.75) is 13.3 Å². The Morgan fingerprint density at radius 3 is 3.00 bits per heavy atom. The van der Waals surface area contributed by atoms with E-state index in [-0.39, 0.29) is 48.7 Å². The average Bonchev–Trinajstić information content (AvgIpc) is 3.09. The van der Waals surface area contributed by atoms with Gasteiger partial charge in [-0.1, -0.05) is 16.6 Å². The number of hydrogen-bond acceptors (Lipinski definition) is 8. The largest absolute Gasteiger partial charge is 0.482 e. The van der Waals surface area contributed by atoms with Crippen molar-refractivity contribution in [1.82, 2.24) is 9.59 Å². The number of para-hydroxylation sites is 2. The summed E-state index contributed by atoms with van der Waals surface area (Å²) in [6.45, 7) is 1.99. The Kier molecular flexibility index (Phi) is 5.42. The zero-order chi connectivity index (χ0) is 18.5. The summed E-state index contributed by atoms with van der Waals surface area (Å²) in [6.07, 6.45) is 0.0419. The fourth-order valence-electron chi connectivity index (χ4n) is 2.41. The summed E-state index contributed by atoms with van der Waals surface area (Å²) < 4.78 is 13.9. The lowest BCUT2D eigenvalue weighted by Crippen LogP contribution is -2.40. The van der Waals surface area contributed by atoms with Gasteiger partial charge in [0.2, 0.25) is 11.6 Å².